The average molecular weight is 181 g/mol. The molecule has 2 rings (SSSR count). The van der Waals surface area contributed by atoms with Crippen LogP contribution < -0.4 is 5.23 Å². The van der Waals surface area contributed by atoms with Gasteiger partial charge < -0.3 is 5.11 Å². The van der Waals surface area contributed by atoms with Gasteiger partial charge in [-0.25, -0.2) is 9.68 Å². The van der Waals surface area contributed by atoms with Gasteiger partial charge in [0.05, 0.1) is 5.69 Å². The van der Waals surface area contributed by atoms with Crippen LogP contribution in [-0.2, 0) is 16.1 Å². The maximum absolute atomic E-state index is 8.82. The number of benzene rings is 1. The summed E-state index contributed by atoms with van der Waals surface area (Å²) in [4.78, 5) is 10.1. The van der Waals surface area contributed by atoms with Crippen LogP contribution in [0.2, 0.25) is 0 Å². The van der Waals surface area contributed by atoms with Crippen LogP contribution in [-0.4, -0.2) is 18.5 Å². The summed E-state index contributed by atoms with van der Waals surface area (Å²) >= 11 is 0. The van der Waals surface area contributed by atoms with Crippen molar-refractivity contribution in [3.8, 4) is 0 Å². The Morgan fingerprint density at radius 1 is 1.31 bits per heavy atom. The molecule has 0 bridgehead atoms. The normalized spacial score (nSPS) is 15.6. The van der Waals surface area contributed by atoms with Gasteiger partial charge in [-0.2, -0.15) is 0 Å². The first-order chi connectivity index (χ1) is 6.42. The largest absolute Gasteiger partial charge is 0.396 e. The lowest BCUT2D eigenvalue weighted by Crippen LogP contribution is -2.37. The third-order valence-electron chi connectivity index (χ3n) is 1.91. The molecule has 1 aliphatic rings. The number of anilines is 1. The predicted molar refractivity (Wildman–Crippen MR) is 46.7 cm³/mol. The summed E-state index contributed by atoms with van der Waals surface area (Å²) in [6, 6.07) is 7.66. The van der Waals surface area contributed by atoms with Gasteiger partial charge in [0.25, 0.3) is 0 Å². The first-order valence-electron chi connectivity index (χ1n) is 4.16. The second-order valence-electron chi connectivity index (χ2n) is 2.74. The van der Waals surface area contributed by atoms with Crippen LogP contribution in [0.5, 0.6) is 0 Å². The van der Waals surface area contributed by atoms with Gasteiger partial charge in [0.1, 0.15) is 0 Å². The van der Waals surface area contributed by atoms with Crippen LogP contribution in [0.1, 0.15) is 5.56 Å². The third-order valence-corrected chi connectivity index (χ3v) is 1.91. The van der Waals surface area contributed by atoms with E-state index < -0.39 is 0 Å². The fourth-order valence-electron chi connectivity index (χ4n) is 1.27. The molecule has 0 radical (unpaired) electrons. The van der Waals surface area contributed by atoms with E-state index in [4.69, 9.17) is 14.8 Å². The van der Waals surface area contributed by atoms with E-state index in [-0.39, 0.29) is 6.61 Å². The van der Waals surface area contributed by atoms with Crippen molar-refractivity contribution in [3.63, 3.8) is 0 Å². The number of para-hydroxylation sites is 1. The second kappa shape index (κ2) is 3.74. The maximum atomic E-state index is 8.82. The summed E-state index contributed by atoms with van der Waals surface area (Å²) in [6.07, 6.45) is 0.611. The van der Waals surface area contributed by atoms with Crippen molar-refractivity contribution < 1.29 is 14.8 Å². The smallest absolute Gasteiger partial charge is 0.205 e. The molecule has 1 saturated heterocycles. The van der Waals surface area contributed by atoms with Crippen molar-refractivity contribution in [1.82, 2.24) is 0 Å². The highest BCUT2D eigenvalue weighted by Crippen LogP contribution is 2.24. The fraction of sp³-hybridized carbons (Fsp3) is 0.333. The molecule has 70 valence electrons. The zero-order valence-electron chi connectivity index (χ0n) is 7.14. The minimum absolute atomic E-state index is 0.130. The number of aliphatic hydroxyl groups is 1. The van der Waals surface area contributed by atoms with Gasteiger partial charge in [0, 0.05) is 6.61 Å². The first-order valence-corrected chi connectivity index (χ1v) is 4.16. The van der Waals surface area contributed by atoms with Gasteiger partial charge in [0.2, 0.25) is 6.79 Å². The summed E-state index contributed by atoms with van der Waals surface area (Å²) in [5, 5.41) is 10.2. The van der Waals surface area contributed by atoms with Gasteiger partial charge >= 0.3 is 0 Å². The molecule has 1 fully saturated rings. The molecule has 0 aliphatic carbocycles. The number of nitrogens with zero attached hydrogens (tertiary/aromatic N) is 1. The van der Waals surface area contributed by atoms with Crippen molar-refractivity contribution in [1.29, 1.82) is 0 Å². The van der Waals surface area contributed by atoms with Gasteiger partial charge in [0.15, 0.2) is 0 Å². The van der Waals surface area contributed by atoms with Gasteiger partial charge in [-0.1, -0.05) is 18.2 Å². The minimum atomic E-state index is 0.130. The predicted octanol–water partition coefficient (Wildman–Crippen LogP) is 0.862. The van der Waals surface area contributed by atoms with Crippen LogP contribution in [0.3, 0.4) is 0 Å². The van der Waals surface area contributed by atoms with E-state index in [0.29, 0.717) is 13.2 Å². The standard InChI is InChI=1S/C9H11NO3/c11-6-5-8-3-1-2-4-9(8)10-12-7-13-10/h1-4,11H,5-7H2. The topological polar surface area (TPSA) is 41.9 Å². The Bertz CT molecular complexity index is 286. The molecule has 0 unspecified atom stereocenters. The molecule has 0 saturated carbocycles. The molecular weight excluding hydrogens is 170 g/mol. The monoisotopic (exact) mass is 181 g/mol. The van der Waals surface area contributed by atoms with Gasteiger partial charge in [-0.3, -0.25) is 0 Å². The fourth-order valence-corrected chi connectivity index (χ4v) is 1.27. The van der Waals surface area contributed by atoms with Crippen molar-refractivity contribution in [2.75, 3.05) is 18.6 Å². The summed E-state index contributed by atoms with van der Waals surface area (Å²) < 4.78 is 0. The van der Waals surface area contributed by atoms with Crippen LogP contribution in [0.4, 0.5) is 5.69 Å². The highest BCUT2D eigenvalue weighted by atomic mass is 17.1. The summed E-state index contributed by atoms with van der Waals surface area (Å²) in [5.74, 6) is 0. The Hall–Kier alpha value is -1.10. The molecule has 0 spiro atoms. The quantitative estimate of drug-likeness (QED) is 0.751. The molecule has 0 atom stereocenters. The molecule has 0 aromatic heterocycles. The highest BCUT2D eigenvalue weighted by Gasteiger charge is 2.19. The van der Waals surface area contributed by atoms with Crippen LogP contribution in [0.25, 0.3) is 0 Å². The Morgan fingerprint density at radius 2 is 2.08 bits per heavy atom. The zero-order valence-corrected chi connectivity index (χ0v) is 7.14. The molecule has 1 aliphatic heterocycles. The zero-order chi connectivity index (χ0) is 9.10. The van der Waals surface area contributed by atoms with E-state index in [1.165, 1.54) is 5.23 Å². The van der Waals surface area contributed by atoms with Crippen molar-refractivity contribution in [2.24, 2.45) is 0 Å². The molecule has 1 N–H and O–H groups in total. The second-order valence-corrected chi connectivity index (χ2v) is 2.74. The Kier molecular flexibility index (Phi) is 2.44. The lowest BCUT2D eigenvalue weighted by molar-refractivity contribution is -0.277. The molecular formula is C9H11NO3. The van der Waals surface area contributed by atoms with E-state index in [1.54, 1.807) is 0 Å². The van der Waals surface area contributed by atoms with E-state index >= 15 is 0 Å². The van der Waals surface area contributed by atoms with Crippen LogP contribution >= 0.6 is 0 Å². The van der Waals surface area contributed by atoms with Crippen LogP contribution in [0, 0.1) is 0 Å². The van der Waals surface area contributed by atoms with E-state index in [9.17, 15) is 0 Å². The molecule has 4 nitrogen and oxygen atoms in total. The highest BCUT2D eigenvalue weighted by molar-refractivity contribution is 5.50. The van der Waals surface area contributed by atoms with Crippen molar-refractivity contribution >= 4 is 5.69 Å². The molecule has 1 aromatic carbocycles. The van der Waals surface area contributed by atoms with Crippen LogP contribution in [0.15, 0.2) is 24.3 Å². The lowest BCUT2D eigenvalue weighted by atomic mass is 10.1. The Labute approximate surface area is 76.2 Å². The molecule has 1 aromatic rings. The van der Waals surface area contributed by atoms with Crippen molar-refractivity contribution in [2.45, 2.75) is 6.42 Å². The van der Waals surface area contributed by atoms with Crippen molar-refractivity contribution in [3.05, 3.63) is 29.8 Å². The third kappa shape index (κ3) is 1.65. The van der Waals surface area contributed by atoms with Gasteiger partial charge in [-0.15, -0.1) is 5.23 Å². The minimum Gasteiger partial charge on any atom is -0.396 e. The van der Waals surface area contributed by atoms with E-state index in [1.807, 2.05) is 24.3 Å². The maximum Gasteiger partial charge on any atom is 0.205 e. The SMILES string of the molecule is OCCc1ccccc1N1OCO1. The molecule has 0 amide bonds. The summed E-state index contributed by atoms with van der Waals surface area (Å²) in [5.41, 5.74) is 1.88. The van der Waals surface area contributed by atoms with E-state index in [2.05, 4.69) is 0 Å². The first kappa shape index (κ1) is 8.50. The summed E-state index contributed by atoms with van der Waals surface area (Å²) in [7, 11) is 0. The number of hydrogen-bond donors (Lipinski definition) is 1. The molecule has 1 heterocycles. The van der Waals surface area contributed by atoms with E-state index in [0.717, 1.165) is 11.3 Å². The number of rotatable bonds is 3. The Morgan fingerprint density at radius 3 is 2.69 bits per heavy atom. The number of aliphatic hydroxyl groups excluding tert-OH is 1. The molecule has 4 heteroatoms. The summed E-state index contributed by atoms with van der Waals surface area (Å²) in [6.45, 7) is 0.429. The van der Waals surface area contributed by atoms with Gasteiger partial charge in [-0.05, 0) is 18.1 Å². The Balaban J connectivity index is 2.20. The number of hydrogen-bond acceptors (Lipinski definition) is 4. The molecule has 13 heavy (non-hydrogen) atoms. The lowest BCUT2D eigenvalue weighted by Gasteiger charge is -2.31. The average Bonchev–Trinajstić information content (AvgIpc) is 2.05.